The number of thiophene rings is 1. The molecule has 3 rings (SSSR count). The summed E-state index contributed by atoms with van der Waals surface area (Å²) < 4.78 is 1.16. The highest BCUT2D eigenvalue weighted by Gasteiger charge is 2.29. The summed E-state index contributed by atoms with van der Waals surface area (Å²) in [4.78, 5) is 1.30. The summed E-state index contributed by atoms with van der Waals surface area (Å²) in [5.41, 5.74) is 5.97. The summed E-state index contributed by atoms with van der Waals surface area (Å²) in [7, 11) is 0. The molecule has 0 saturated heterocycles. The average molecular weight is 337 g/mol. The van der Waals surface area contributed by atoms with Crippen LogP contribution in [0.2, 0.25) is 0 Å². The maximum atomic E-state index is 5.86. The Hall–Kier alpha value is -0.680. The van der Waals surface area contributed by atoms with Crippen molar-refractivity contribution < 1.29 is 0 Å². The molecular formula is C15H17BrN2S. The number of nitrogens with two attached hydrogens (primary N) is 1. The lowest BCUT2D eigenvalue weighted by atomic mass is 9.78. The molecule has 2 unspecified atom stereocenters. The third-order valence-electron chi connectivity index (χ3n) is 3.92. The average Bonchev–Trinajstić information content (AvgIpc) is 2.86. The van der Waals surface area contributed by atoms with Gasteiger partial charge in [0.2, 0.25) is 0 Å². The molecule has 3 N–H and O–H groups in total. The smallest absolute Gasteiger partial charge is 0.0633 e. The Bertz CT molecular complexity index is 567. The summed E-state index contributed by atoms with van der Waals surface area (Å²) in [6.45, 7) is 0. The van der Waals surface area contributed by atoms with Crippen LogP contribution in [-0.2, 0) is 6.42 Å². The molecule has 1 aromatic heterocycles. The quantitative estimate of drug-likeness (QED) is 0.653. The number of benzene rings is 1. The van der Waals surface area contributed by atoms with Gasteiger partial charge in [0.1, 0.15) is 0 Å². The standard InChI is InChI=1S/C15H17BrN2S/c16-13-8-9-19-15(13)14(18-17)12-7-3-5-10-4-1-2-6-11(10)12/h1-2,4,6,8-9,12,14,18H,3,5,7,17H2. The molecule has 0 spiro atoms. The lowest BCUT2D eigenvalue weighted by molar-refractivity contribution is 0.412. The molecule has 19 heavy (non-hydrogen) atoms. The lowest BCUT2D eigenvalue weighted by Crippen LogP contribution is -2.33. The van der Waals surface area contributed by atoms with Crippen LogP contribution in [0.1, 0.15) is 40.8 Å². The van der Waals surface area contributed by atoms with Crippen molar-refractivity contribution in [2.45, 2.75) is 31.2 Å². The van der Waals surface area contributed by atoms with Crippen LogP contribution >= 0.6 is 27.3 Å². The van der Waals surface area contributed by atoms with E-state index in [2.05, 4.69) is 57.1 Å². The van der Waals surface area contributed by atoms with E-state index in [1.807, 2.05) is 0 Å². The van der Waals surface area contributed by atoms with Gasteiger partial charge >= 0.3 is 0 Å². The molecule has 0 bridgehead atoms. The number of hydrogen-bond acceptors (Lipinski definition) is 3. The maximum absolute atomic E-state index is 5.86. The predicted octanol–water partition coefficient (Wildman–Crippen LogP) is 4.14. The van der Waals surface area contributed by atoms with Crippen LogP contribution in [0.3, 0.4) is 0 Å². The van der Waals surface area contributed by atoms with Gasteiger partial charge in [-0.1, -0.05) is 24.3 Å². The molecule has 0 aliphatic heterocycles. The van der Waals surface area contributed by atoms with Crippen LogP contribution in [0.15, 0.2) is 40.2 Å². The highest BCUT2D eigenvalue weighted by Crippen LogP contribution is 2.43. The van der Waals surface area contributed by atoms with Crippen molar-refractivity contribution >= 4 is 27.3 Å². The Morgan fingerprint density at radius 2 is 2.16 bits per heavy atom. The summed E-state index contributed by atoms with van der Waals surface area (Å²) >= 11 is 5.39. The lowest BCUT2D eigenvalue weighted by Gasteiger charge is -2.31. The van der Waals surface area contributed by atoms with Gasteiger partial charge < -0.3 is 0 Å². The molecule has 2 atom stereocenters. The first kappa shape index (κ1) is 13.3. The summed E-state index contributed by atoms with van der Waals surface area (Å²) in [6, 6.07) is 11.1. The van der Waals surface area contributed by atoms with Gasteiger partial charge in [0, 0.05) is 15.3 Å². The van der Waals surface area contributed by atoms with E-state index in [1.165, 1.54) is 35.3 Å². The molecule has 1 aromatic carbocycles. The zero-order valence-electron chi connectivity index (χ0n) is 10.6. The van der Waals surface area contributed by atoms with E-state index in [0.29, 0.717) is 5.92 Å². The SMILES string of the molecule is NNC(c1sccc1Br)C1CCCc2ccccc21. The van der Waals surface area contributed by atoms with E-state index in [1.54, 1.807) is 11.3 Å². The van der Waals surface area contributed by atoms with E-state index in [-0.39, 0.29) is 6.04 Å². The van der Waals surface area contributed by atoms with Crippen molar-refractivity contribution in [3.63, 3.8) is 0 Å². The minimum absolute atomic E-state index is 0.191. The first-order chi connectivity index (χ1) is 9.31. The van der Waals surface area contributed by atoms with E-state index in [4.69, 9.17) is 5.84 Å². The normalized spacial score (nSPS) is 20.0. The van der Waals surface area contributed by atoms with Gasteiger partial charge in [-0.15, -0.1) is 11.3 Å². The minimum Gasteiger partial charge on any atom is -0.271 e. The van der Waals surface area contributed by atoms with Crippen molar-refractivity contribution in [3.05, 3.63) is 56.2 Å². The highest BCUT2D eigenvalue weighted by atomic mass is 79.9. The number of hydrazine groups is 1. The maximum Gasteiger partial charge on any atom is 0.0633 e. The van der Waals surface area contributed by atoms with Crippen LogP contribution < -0.4 is 11.3 Å². The van der Waals surface area contributed by atoms with Crippen LogP contribution in [-0.4, -0.2) is 0 Å². The molecule has 1 heterocycles. The van der Waals surface area contributed by atoms with Gasteiger partial charge in [-0.05, 0) is 57.8 Å². The number of fused-ring (bicyclic) bond motifs is 1. The monoisotopic (exact) mass is 336 g/mol. The summed E-state index contributed by atoms with van der Waals surface area (Å²) in [6.07, 6.45) is 3.62. The molecule has 2 aromatic rings. The van der Waals surface area contributed by atoms with Crippen LogP contribution in [0.4, 0.5) is 0 Å². The van der Waals surface area contributed by atoms with E-state index in [0.717, 1.165) is 4.47 Å². The Morgan fingerprint density at radius 3 is 2.89 bits per heavy atom. The fraction of sp³-hybridized carbons (Fsp3) is 0.333. The Kier molecular flexibility index (Phi) is 4.03. The van der Waals surface area contributed by atoms with Crippen LogP contribution in [0, 0.1) is 0 Å². The van der Waals surface area contributed by atoms with Gasteiger partial charge in [0.05, 0.1) is 6.04 Å². The topological polar surface area (TPSA) is 38.0 Å². The largest absolute Gasteiger partial charge is 0.271 e. The summed E-state index contributed by atoms with van der Waals surface area (Å²) in [5, 5.41) is 2.11. The molecule has 2 nitrogen and oxygen atoms in total. The van der Waals surface area contributed by atoms with E-state index in [9.17, 15) is 0 Å². The molecule has 0 saturated carbocycles. The van der Waals surface area contributed by atoms with Gasteiger partial charge in [0.25, 0.3) is 0 Å². The molecule has 1 aliphatic rings. The van der Waals surface area contributed by atoms with Crippen molar-refractivity contribution in [3.8, 4) is 0 Å². The Balaban J connectivity index is 2.00. The number of hydrogen-bond donors (Lipinski definition) is 2. The first-order valence-electron chi connectivity index (χ1n) is 6.58. The summed E-state index contributed by atoms with van der Waals surface area (Å²) in [5.74, 6) is 6.32. The van der Waals surface area contributed by atoms with Gasteiger partial charge in [-0.2, -0.15) is 0 Å². The van der Waals surface area contributed by atoms with Crippen molar-refractivity contribution in [1.82, 2.24) is 5.43 Å². The van der Waals surface area contributed by atoms with Gasteiger partial charge in [-0.3, -0.25) is 11.3 Å². The Labute approximate surface area is 126 Å². The molecule has 0 fully saturated rings. The molecule has 0 amide bonds. The van der Waals surface area contributed by atoms with Gasteiger partial charge in [-0.25, -0.2) is 0 Å². The second kappa shape index (κ2) is 5.75. The number of aryl methyl sites for hydroxylation is 1. The number of nitrogens with one attached hydrogen (secondary N) is 1. The second-order valence-corrected chi connectivity index (χ2v) is 6.78. The first-order valence-corrected chi connectivity index (χ1v) is 8.25. The van der Waals surface area contributed by atoms with Crippen molar-refractivity contribution in [2.24, 2.45) is 5.84 Å². The fourth-order valence-electron chi connectivity index (χ4n) is 3.04. The fourth-order valence-corrected chi connectivity index (χ4v) is 4.78. The molecular weight excluding hydrogens is 320 g/mol. The minimum atomic E-state index is 0.191. The molecule has 1 aliphatic carbocycles. The molecule has 100 valence electrons. The third-order valence-corrected chi connectivity index (χ3v) is 5.88. The van der Waals surface area contributed by atoms with Crippen LogP contribution in [0.5, 0.6) is 0 Å². The predicted molar refractivity (Wildman–Crippen MR) is 84.2 cm³/mol. The Morgan fingerprint density at radius 1 is 1.32 bits per heavy atom. The molecule has 4 heteroatoms. The zero-order chi connectivity index (χ0) is 13.2. The van der Waals surface area contributed by atoms with Crippen molar-refractivity contribution in [2.75, 3.05) is 0 Å². The molecule has 0 radical (unpaired) electrons. The van der Waals surface area contributed by atoms with Crippen LogP contribution in [0.25, 0.3) is 0 Å². The van der Waals surface area contributed by atoms with E-state index < -0.39 is 0 Å². The number of rotatable bonds is 3. The third kappa shape index (κ3) is 2.50. The van der Waals surface area contributed by atoms with Gasteiger partial charge in [0.15, 0.2) is 0 Å². The highest BCUT2D eigenvalue weighted by molar-refractivity contribution is 9.10. The zero-order valence-corrected chi connectivity index (χ0v) is 13.0. The second-order valence-electron chi connectivity index (χ2n) is 4.97. The van der Waals surface area contributed by atoms with E-state index >= 15 is 0 Å². The van der Waals surface area contributed by atoms with Crippen molar-refractivity contribution in [1.29, 1.82) is 0 Å². The number of halogens is 1.